The van der Waals surface area contributed by atoms with Crippen molar-refractivity contribution >= 4 is 0 Å². The minimum atomic E-state index is 0.170. The molecule has 0 unspecified atom stereocenters. The summed E-state index contributed by atoms with van der Waals surface area (Å²) in [5.41, 5.74) is 3.65. The second kappa shape index (κ2) is 10.0. The Bertz CT molecular complexity index is 757. The Morgan fingerprint density at radius 1 is 1.15 bits per heavy atom. The van der Waals surface area contributed by atoms with Gasteiger partial charge in [-0.15, -0.1) is 6.58 Å². The second-order valence-corrected chi connectivity index (χ2v) is 6.77. The van der Waals surface area contributed by atoms with E-state index < -0.39 is 0 Å². The van der Waals surface area contributed by atoms with Crippen molar-refractivity contribution in [2.45, 2.75) is 32.2 Å². The third kappa shape index (κ3) is 5.27. The van der Waals surface area contributed by atoms with Gasteiger partial charge < -0.3 is 14.6 Å². The Morgan fingerprint density at radius 3 is 2.52 bits per heavy atom. The van der Waals surface area contributed by atoms with E-state index in [1.165, 1.54) is 11.1 Å². The Kier molecular flexibility index (Phi) is 7.74. The van der Waals surface area contributed by atoms with Crippen LogP contribution in [0.1, 0.15) is 36.1 Å². The van der Waals surface area contributed by atoms with Crippen molar-refractivity contribution in [1.82, 2.24) is 4.90 Å². The van der Waals surface area contributed by atoms with Crippen molar-refractivity contribution in [2.24, 2.45) is 0 Å². The van der Waals surface area contributed by atoms with E-state index in [4.69, 9.17) is 9.47 Å². The van der Waals surface area contributed by atoms with Crippen LogP contribution in [0.15, 0.2) is 49.1 Å². The minimum Gasteiger partial charge on any atom is -0.504 e. The second-order valence-electron chi connectivity index (χ2n) is 6.77. The number of hydrogen-bond donors (Lipinski definition) is 1. The number of hydrogen-bond acceptors (Lipinski definition) is 4. The monoisotopic (exact) mass is 369 g/mol. The quantitative estimate of drug-likeness (QED) is 0.613. The standard InChI is InChI=1S/C23H31NO3/c1-6-8-18-16-19(26-4)10-11-20(18)21(24(3)13-7-2)14-17-9-12-23(27-5)22(25)15-17/h7,9-12,15-16,21,25H,2,6,8,13-14H2,1,3-5H3/t21-/m1/s1. The third-order valence-corrected chi connectivity index (χ3v) is 4.85. The van der Waals surface area contributed by atoms with Crippen LogP contribution < -0.4 is 9.47 Å². The number of nitrogens with zero attached hydrogens (tertiary/aromatic N) is 1. The summed E-state index contributed by atoms with van der Waals surface area (Å²) in [7, 11) is 5.37. The van der Waals surface area contributed by atoms with Gasteiger partial charge in [0.25, 0.3) is 0 Å². The summed E-state index contributed by atoms with van der Waals surface area (Å²) in [5, 5.41) is 10.2. The number of benzene rings is 2. The lowest BCUT2D eigenvalue weighted by molar-refractivity contribution is 0.267. The zero-order chi connectivity index (χ0) is 19.8. The molecular weight excluding hydrogens is 338 g/mol. The van der Waals surface area contributed by atoms with Gasteiger partial charge in [0.1, 0.15) is 5.75 Å². The van der Waals surface area contributed by atoms with E-state index >= 15 is 0 Å². The van der Waals surface area contributed by atoms with Crippen LogP contribution in [0.4, 0.5) is 0 Å². The molecule has 2 aromatic rings. The van der Waals surface area contributed by atoms with Gasteiger partial charge in [0, 0.05) is 12.6 Å². The molecular formula is C23H31NO3. The molecule has 2 aromatic carbocycles. The highest BCUT2D eigenvalue weighted by Crippen LogP contribution is 2.33. The fraction of sp³-hybridized carbons (Fsp3) is 0.391. The number of rotatable bonds is 10. The van der Waals surface area contributed by atoms with Gasteiger partial charge in [-0.25, -0.2) is 0 Å². The highest BCUT2D eigenvalue weighted by atomic mass is 16.5. The lowest BCUT2D eigenvalue weighted by Crippen LogP contribution is -2.27. The molecule has 0 amide bonds. The molecule has 0 aromatic heterocycles. The molecule has 0 heterocycles. The molecule has 0 aliphatic rings. The first kappa shape index (κ1) is 20.8. The molecule has 0 saturated carbocycles. The van der Waals surface area contributed by atoms with Crippen LogP contribution in [-0.2, 0) is 12.8 Å². The average Bonchev–Trinajstić information content (AvgIpc) is 2.67. The average molecular weight is 370 g/mol. The molecule has 1 N–H and O–H groups in total. The first-order valence-electron chi connectivity index (χ1n) is 9.37. The molecule has 0 aliphatic heterocycles. The van der Waals surface area contributed by atoms with Crippen LogP contribution in [0.2, 0.25) is 0 Å². The number of aryl methyl sites for hydroxylation is 1. The summed E-state index contributed by atoms with van der Waals surface area (Å²) in [6.45, 7) is 6.86. The molecule has 0 spiro atoms. The van der Waals surface area contributed by atoms with E-state index in [0.29, 0.717) is 5.75 Å². The summed E-state index contributed by atoms with van der Waals surface area (Å²) < 4.78 is 10.6. The van der Waals surface area contributed by atoms with Gasteiger partial charge in [0.15, 0.2) is 11.5 Å². The predicted molar refractivity (Wildman–Crippen MR) is 111 cm³/mol. The van der Waals surface area contributed by atoms with Gasteiger partial charge in [0.2, 0.25) is 0 Å². The number of ether oxygens (including phenoxy) is 2. The molecule has 1 atom stereocenters. The van der Waals surface area contributed by atoms with Crippen LogP contribution in [0.3, 0.4) is 0 Å². The van der Waals surface area contributed by atoms with Crippen molar-refractivity contribution in [3.8, 4) is 17.2 Å². The first-order chi connectivity index (χ1) is 13.0. The molecule has 0 aliphatic carbocycles. The van der Waals surface area contributed by atoms with Crippen LogP contribution in [-0.4, -0.2) is 37.8 Å². The van der Waals surface area contributed by atoms with Crippen LogP contribution in [0, 0.1) is 0 Å². The Morgan fingerprint density at radius 2 is 1.93 bits per heavy atom. The smallest absolute Gasteiger partial charge is 0.160 e. The zero-order valence-corrected chi connectivity index (χ0v) is 16.9. The highest BCUT2D eigenvalue weighted by Gasteiger charge is 2.21. The number of phenolic OH excluding ortho intramolecular Hbond substituents is 1. The fourth-order valence-corrected chi connectivity index (χ4v) is 3.44. The Balaban J connectivity index is 2.42. The predicted octanol–water partition coefficient (Wildman–Crippen LogP) is 4.76. The van der Waals surface area contributed by atoms with Crippen molar-refractivity contribution in [3.63, 3.8) is 0 Å². The fourth-order valence-electron chi connectivity index (χ4n) is 3.44. The minimum absolute atomic E-state index is 0.170. The molecule has 4 heteroatoms. The molecule has 2 rings (SSSR count). The number of aromatic hydroxyl groups is 1. The van der Waals surface area contributed by atoms with Crippen molar-refractivity contribution in [2.75, 3.05) is 27.8 Å². The van der Waals surface area contributed by atoms with E-state index in [2.05, 4.69) is 37.6 Å². The Labute approximate surface area is 163 Å². The van der Waals surface area contributed by atoms with Crippen LogP contribution in [0.5, 0.6) is 17.2 Å². The normalized spacial score (nSPS) is 12.0. The summed E-state index contributed by atoms with van der Waals surface area (Å²) >= 11 is 0. The largest absolute Gasteiger partial charge is 0.504 e. The molecule has 146 valence electrons. The molecule has 4 nitrogen and oxygen atoms in total. The van der Waals surface area contributed by atoms with E-state index in [-0.39, 0.29) is 11.8 Å². The van der Waals surface area contributed by atoms with Gasteiger partial charge in [0.05, 0.1) is 14.2 Å². The summed E-state index contributed by atoms with van der Waals surface area (Å²) in [5.74, 6) is 1.55. The molecule has 27 heavy (non-hydrogen) atoms. The zero-order valence-electron chi connectivity index (χ0n) is 16.9. The molecule has 0 saturated heterocycles. The third-order valence-electron chi connectivity index (χ3n) is 4.85. The lowest BCUT2D eigenvalue weighted by atomic mass is 9.91. The van der Waals surface area contributed by atoms with Crippen LogP contribution >= 0.6 is 0 Å². The lowest BCUT2D eigenvalue weighted by Gasteiger charge is -2.30. The van der Waals surface area contributed by atoms with E-state index in [9.17, 15) is 5.11 Å². The summed E-state index contributed by atoms with van der Waals surface area (Å²) in [6.07, 6.45) is 4.77. The maximum atomic E-state index is 10.2. The summed E-state index contributed by atoms with van der Waals surface area (Å²) in [4.78, 5) is 2.29. The van der Waals surface area contributed by atoms with Gasteiger partial charge in [-0.1, -0.05) is 31.6 Å². The number of phenols is 1. The maximum absolute atomic E-state index is 10.2. The number of methoxy groups -OCH3 is 2. The van der Waals surface area contributed by atoms with Gasteiger partial charge in [-0.05, 0) is 60.8 Å². The van der Waals surface area contributed by atoms with Gasteiger partial charge in [-0.3, -0.25) is 4.90 Å². The molecule has 0 bridgehead atoms. The summed E-state index contributed by atoms with van der Waals surface area (Å²) in [6, 6.07) is 12.1. The number of likely N-dealkylation sites (N-methyl/N-ethyl adjacent to an activating group) is 1. The molecule has 0 radical (unpaired) electrons. The Hall–Kier alpha value is -2.46. The maximum Gasteiger partial charge on any atom is 0.160 e. The molecule has 0 fully saturated rings. The first-order valence-corrected chi connectivity index (χ1v) is 9.37. The van der Waals surface area contributed by atoms with Crippen molar-refractivity contribution < 1.29 is 14.6 Å². The van der Waals surface area contributed by atoms with Crippen LogP contribution in [0.25, 0.3) is 0 Å². The van der Waals surface area contributed by atoms with Crippen molar-refractivity contribution in [3.05, 3.63) is 65.7 Å². The highest BCUT2D eigenvalue weighted by molar-refractivity contribution is 5.43. The SMILES string of the molecule is C=CCN(C)[C@H](Cc1ccc(OC)c(O)c1)c1ccc(OC)cc1CCC. The topological polar surface area (TPSA) is 41.9 Å². The van der Waals surface area contributed by atoms with Gasteiger partial charge in [-0.2, -0.15) is 0 Å². The van der Waals surface area contributed by atoms with E-state index in [1.54, 1.807) is 20.3 Å². The van der Waals surface area contributed by atoms with E-state index in [1.807, 2.05) is 24.3 Å². The van der Waals surface area contributed by atoms with E-state index in [0.717, 1.165) is 37.1 Å². The van der Waals surface area contributed by atoms with Crippen molar-refractivity contribution in [1.29, 1.82) is 0 Å². The van der Waals surface area contributed by atoms with Gasteiger partial charge >= 0.3 is 0 Å².